The molecule has 0 saturated carbocycles. The molecule has 2 rings (SSSR count). The number of aliphatic hydroxyl groups excluding tert-OH is 1. The molecule has 2 aliphatic rings. The zero-order valence-electron chi connectivity index (χ0n) is 12.7. The summed E-state index contributed by atoms with van der Waals surface area (Å²) in [4.78, 5) is 12.0. The minimum atomic E-state index is 0.0950. The number of carbonyl (C=O) groups is 1. The van der Waals surface area contributed by atoms with Gasteiger partial charge in [-0.05, 0) is 54.0 Å². The van der Waals surface area contributed by atoms with Gasteiger partial charge < -0.3 is 5.11 Å². The Kier molecular flexibility index (Phi) is 4.24. The topological polar surface area (TPSA) is 37.3 Å². The summed E-state index contributed by atoms with van der Waals surface area (Å²) in [5.74, 6) is 0.513. The van der Waals surface area contributed by atoms with Crippen LogP contribution in [0, 0.1) is 6.92 Å². The van der Waals surface area contributed by atoms with Crippen LogP contribution in [0.2, 0.25) is 0 Å². The van der Waals surface area contributed by atoms with E-state index in [1.54, 1.807) is 6.92 Å². The lowest BCUT2D eigenvalue weighted by molar-refractivity contribution is 0.101. The third kappa shape index (κ3) is 2.48. The molecule has 0 saturated heterocycles. The third-order valence-electron chi connectivity index (χ3n) is 3.96. The van der Waals surface area contributed by atoms with Crippen molar-refractivity contribution in [3.8, 4) is 11.1 Å². The van der Waals surface area contributed by atoms with Gasteiger partial charge in [-0.15, -0.1) is 0 Å². The van der Waals surface area contributed by atoms with Gasteiger partial charge in [-0.1, -0.05) is 38.1 Å². The van der Waals surface area contributed by atoms with Crippen molar-refractivity contribution in [2.24, 2.45) is 0 Å². The van der Waals surface area contributed by atoms with E-state index in [2.05, 4.69) is 32.0 Å². The van der Waals surface area contributed by atoms with Gasteiger partial charge in [0.05, 0.1) is 0 Å². The van der Waals surface area contributed by atoms with Crippen LogP contribution in [-0.2, 0) is 6.42 Å². The second-order valence-electron chi connectivity index (χ2n) is 5.66. The zero-order chi connectivity index (χ0) is 14.9. The minimum absolute atomic E-state index is 0.0950. The minimum Gasteiger partial charge on any atom is -0.396 e. The number of aliphatic hydroxyl groups is 1. The van der Waals surface area contributed by atoms with E-state index in [0.717, 1.165) is 27.8 Å². The summed E-state index contributed by atoms with van der Waals surface area (Å²) in [6.45, 7) is 8.01. The Labute approximate surface area is 120 Å². The molecule has 0 aliphatic heterocycles. The summed E-state index contributed by atoms with van der Waals surface area (Å²) in [6.07, 6.45) is 0.594. The molecule has 0 radical (unpaired) electrons. The molecule has 0 aromatic carbocycles. The lowest BCUT2D eigenvalue weighted by Crippen LogP contribution is -1.95. The quantitative estimate of drug-likeness (QED) is 0.854. The second-order valence-corrected chi connectivity index (χ2v) is 5.66. The van der Waals surface area contributed by atoms with Gasteiger partial charge in [0.25, 0.3) is 0 Å². The molecule has 2 heteroatoms. The monoisotopic (exact) mass is 270 g/mol. The first-order valence-electron chi connectivity index (χ1n) is 7.14. The largest absolute Gasteiger partial charge is 0.396 e. The molecule has 20 heavy (non-hydrogen) atoms. The number of carbonyl (C=O) groups excluding carboxylic acids is 1. The summed E-state index contributed by atoms with van der Waals surface area (Å²) in [7, 11) is 0. The van der Waals surface area contributed by atoms with E-state index < -0.39 is 0 Å². The Balaban J connectivity index is 2.78. The van der Waals surface area contributed by atoms with Crippen molar-refractivity contribution in [3.05, 3.63) is 46.5 Å². The van der Waals surface area contributed by atoms with Crippen molar-refractivity contribution in [3.63, 3.8) is 0 Å². The Morgan fingerprint density at radius 2 is 1.95 bits per heavy atom. The Morgan fingerprint density at radius 3 is 2.50 bits per heavy atom. The van der Waals surface area contributed by atoms with Crippen molar-refractivity contribution in [2.45, 2.75) is 40.0 Å². The van der Waals surface area contributed by atoms with E-state index in [1.165, 1.54) is 5.56 Å². The van der Waals surface area contributed by atoms with E-state index in [0.29, 0.717) is 12.3 Å². The van der Waals surface area contributed by atoms with Crippen molar-refractivity contribution < 1.29 is 9.90 Å². The van der Waals surface area contributed by atoms with Crippen LogP contribution in [0.1, 0.15) is 53.7 Å². The molecule has 0 heterocycles. The summed E-state index contributed by atoms with van der Waals surface area (Å²) >= 11 is 0. The summed E-state index contributed by atoms with van der Waals surface area (Å²) in [5.41, 5.74) is 6.26. The Hall–Kier alpha value is -1.67. The molecule has 0 fully saturated rings. The van der Waals surface area contributed by atoms with Gasteiger partial charge in [0.15, 0.2) is 5.78 Å². The number of rotatable bonds is 4. The normalized spacial score (nSPS) is 11.3. The molecule has 0 aromatic heterocycles. The van der Waals surface area contributed by atoms with Gasteiger partial charge in [-0.2, -0.15) is 0 Å². The standard InChI is InChI=1S/C18H22O2/c1-11(2)14-6-5-7-16-15(8-9-19)12(3)18(13(4)20)17(16)10-14/h5-7,10-11,19H,8-9H2,1-4H3. The molecular formula is C18H22O2. The Morgan fingerprint density at radius 1 is 1.25 bits per heavy atom. The van der Waals surface area contributed by atoms with Crippen LogP contribution in [0.5, 0.6) is 0 Å². The maximum atomic E-state index is 12.0. The van der Waals surface area contributed by atoms with E-state index >= 15 is 0 Å². The average Bonchev–Trinajstić information content (AvgIpc) is 2.53. The van der Waals surface area contributed by atoms with Crippen LogP contribution in [0.25, 0.3) is 11.1 Å². The zero-order valence-corrected chi connectivity index (χ0v) is 12.7. The number of ketones is 1. The molecule has 0 bridgehead atoms. The van der Waals surface area contributed by atoms with Crippen LogP contribution in [0.4, 0.5) is 0 Å². The smallest absolute Gasteiger partial charge is 0.160 e. The molecule has 0 amide bonds. The lowest BCUT2D eigenvalue weighted by atomic mass is 10.0. The molecule has 2 aliphatic carbocycles. The second kappa shape index (κ2) is 5.76. The lowest BCUT2D eigenvalue weighted by Gasteiger charge is -2.04. The highest BCUT2D eigenvalue weighted by atomic mass is 16.3. The van der Waals surface area contributed by atoms with Crippen LogP contribution in [0.3, 0.4) is 0 Å². The fourth-order valence-electron chi connectivity index (χ4n) is 2.91. The molecular weight excluding hydrogens is 248 g/mol. The molecule has 0 aromatic rings. The van der Waals surface area contributed by atoms with Crippen molar-refractivity contribution in [1.82, 2.24) is 0 Å². The van der Waals surface area contributed by atoms with E-state index in [4.69, 9.17) is 0 Å². The summed E-state index contributed by atoms with van der Waals surface area (Å²) < 4.78 is 0. The SMILES string of the molecule is CC(=O)c1c2cc(C(C)C)cccc-2c(CCO)c1C. The number of Topliss-reactive ketones (excluding diaryl/α,β-unsaturated/α-hetero) is 1. The fraction of sp³-hybridized carbons (Fsp3) is 0.389. The van der Waals surface area contributed by atoms with Crippen LogP contribution >= 0.6 is 0 Å². The average molecular weight is 270 g/mol. The van der Waals surface area contributed by atoms with Gasteiger partial charge in [0.1, 0.15) is 0 Å². The highest BCUT2D eigenvalue weighted by Gasteiger charge is 2.22. The van der Waals surface area contributed by atoms with Gasteiger partial charge in [-0.25, -0.2) is 0 Å². The first-order chi connectivity index (χ1) is 9.47. The number of hydrogen-bond acceptors (Lipinski definition) is 2. The Bertz CT molecular complexity index is 611. The predicted octanol–water partition coefficient (Wildman–Crippen LogP) is 3.96. The first kappa shape index (κ1) is 14.7. The highest BCUT2D eigenvalue weighted by Crippen LogP contribution is 2.38. The van der Waals surface area contributed by atoms with Crippen LogP contribution in [-0.4, -0.2) is 17.5 Å². The van der Waals surface area contributed by atoms with Crippen LogP contribution < -0.4 is 0 Å². The van der Waals surface area contributed by atoms with E-state index in [1.807, 2.05) is 13.0 Å². The van der Waals surface area contributed by atoms with Gasteiger partial charge in [0, 0.05) is 12.2 Å². The first-order valence-corrected chi connectivity index (χ1v) is 7.14. The van der Waals surface area contributed by atoms with Gasteiger partial charge in [-0.3, -0.25) is 4.79 Å². The highest BCUT2D eigenvalue weighted by molar-refractivity contribution is 6.05. The summed E-state index contributed by atoms with van der Waals surface area (Å²) in [5, 5.41) is 9.27. The molecule has 106 valence electrons. The van der Waals surface area contributed by atoms with E-state index in [-0.39, 0.29) is 12.4 Å². The van der Waals surface area contributed by atoms with Crippen molar-refractivity contribution in [1.29, 1.82) is 0 Å². The van der Waals surface area contributed by atoms with Crippen LogP contribution in [0.15, 0.2) is 24.3 Å². The van der Waals surface area contributed by atoms with Crippen molar-refractivity contribution >= 4 is 5.78 Å². The number of hydrogen-bond donors (Lipinski definition) is 1. The molecule has 0 unspecified atom stereocenters. The van der Waals surface area contributed by atoms with E-state index in [9.17, 15) is 9.90 Å². The third-order valence-corrected chi connectivity index (χ3v) is 3.96. The molecule has 0 atom stereocenters. The number of fused-ring (bicyclic) bond motifs is 1. The fourth-order valence-corrected chi connectivity index (χ4v) is 2.91. The predicted molar refractivity (Wildman–Crippen MR) is 82.7 cm³/mol. The maximum Gasteiger partial charge on any atom is 0.160 e. The van der Waals surface area contributed by atoms with Crippen molar-refractivity contribution in [2.75, 3.05) is 6.61 Å². The molecule has 0 spiro atoms. The molecule has 2 nitrogen and oxygen atoms in total. The van der Waals surface area contributed by atoms with Gasteiger partial charge in [0.2, 0.25) is 0 Å². The summed E-state index contributed by atoms with van der Waals surface area (Å²) in [6, 6.07) is 8.34. The van der Waals surface area contributed by atoms with Gasteiger partial charge >= 0.3 is 0 Å². The maximum absolute atomic E-state index is 12.0. The molecule has 1 N–H and O–H groups in total.